The fraction of sp³-hybridized carbons (Fsp3) is 0.533. The molecule has 0 fully saturated rings. The summed E-state index contributed by atoms with van der Waals surface area (Å²) in [6, 6.07) is 6.05. The molecule has 112 valence electrons. The molecule has 1 atom stereocenters. The van der Waals surface area contributed by atoms with Crippen LogP contribution in [0.25, 0.3) is 0 Å². The zero-order chi connectivity index (χ0) is 15.2. The van der Waals surface area contributed by atoms with Gasteiger partial charge in [0.15, 0.2) is 11.6 Å². The Morgan fingerprint density at radius 1 is 1.40 bits per heavy atom. The van der Waals surface area contributed by atoms with Crippen molar-refractivity contribution in [1.29, 1.82) is 0 Å². The first kappa shape index (κ1) is 16.4. The third-order valence-electron chi connectivity index (χ3n) is 2.92. The molecule has 0 spiro atoms. The first-order chi connectivity index (χ1) is 9.30. The Hall–Kier alpha value is -1.62. The molecule has 0 radical (unpaired) electrons. The van der Waals surface area contributed by atoms with Crippen molar-refractivity contribution in [1.82, 2.24) is 5.32 Å². The van der Waals surface area contributed by atoms with E-state index < -0.39 is 11.9 Å². The summed E-state index contributed by atoms with van der Waals surface area (Å²) >= 11 is 0. The average Bonchev–Trinajstić information content (AvgIpc) is 2.37. The van der Waals surface area contributed by atoms with Gasteiger partial charge in [-0.1, -0.05) is 32.9 Å². The van der Waals surface area contributed by atoms with Gasteiger partial charge in [-0.3, -0.25) is 4.79 Å². The van der Waals surface area contributed by atoms with Gasteiger partial charge >= 0.3 is 0 Å². The molecular formula is C15H22FNO3. The number of carbonyl (C=O) groups is 1. The van der Waals surface area contributed by atoms with Crippen LogP contribution in [0, 0.1) is 11.2 Å². The van der Waals surface area contributed by atoms with Crippen molar-refractivity contribution in [3.63, 3.8) is 0 Å². The summed E-state index contributed by atoms with van der Waals surface area (Å²) in [6.45, 7) is 5.97. The smallest absolute Gasteiger partial charge is 0.223 e. The van der Waals surface area contributed by atoms with Crippen LogP contribution in [-0.2, 0) is 4.79 Å². The molecular weight excluding hydrogens is 261 g/mol. The van der Waals surface area contributed by atoms with Crippen LogP contribution < -0.4 is 10.1 Å². The van der Waals surface area contributed by atoms with E-state index in [0.29, 0.717) is 0 Å². The van der Waals surface area contributed by atoms with Crippen LogP contribution in [0.5, 0.6) is 5.75 Å². The largest absolute Gasteiger partial charge is 0.490 e. The highest BCUT2D eigenvalue weighted by molar-refractivity contribution is 5.76. The predicted molar refractivity (Wildman–Crippen MR) is 75.0 cm³/mol. The van der Waals surface area contributed by atoms with E-state index in [-0.39, 0.29) is 36.6 Å². The molecule has 0 aromatic heterocycles. The molecule has 0 saturated heterocycles. The molecule has 0 heterocycles. The lowest BCUT2D eigenvalue weighted by molar-refractivity contribution is -0.122. The van der Waals surface area contributed by atoms with Gasteiger partial charge in [-0.15, -0.1) is 0 Å². The average molecular weight is 283 g/mol. The van der Waals surface area contributed by atoms with E-state index in [1.807, 2.05) is 20.8 Å². The molecule has 1 rings (SSSR count). The van der Waals surface area contributed by atoms with Crippen molar-refractivity contribution in [2.24, 2.45) is 5.41 Å². The molecule has 1 unspecified atom stereocenters. The summed E-state index contributed by atoms with van der Waals surface area (Å²) in [5, 5.41) is 12.4. The number of hydrogen-bond acceptors (Lipinski definition) is 3. The molecule has 0 aliphatic carbocycles. The maximum absolute atomic E-state index is 13.2. The van der Waals surface area contributed by atoms with E-state index in [1.54, 1.807) is 12.1 Å². The van der Waals surface area contributed by atoms with Gasteiger partial charge in [-0.2, -0.15) is 0 Å². The number of ether oxygens (including phenoxy) is 1. The summed E-state index contributed by atoms with van der Waals surface area (Å²) in [4.78, 5) is 11.6. The van der Waals surface area contributed by atoms with Crippen LogP contribution in [0.3, 0.4) is 0 Å². The maximum atomic E-state index is 13.2. The van der Waals surface area contributed by atoms with Gasteiger partial charge in [-0.25, -0.2) is 4.39 Å². The molecule has 1 amide bonds. The van der Waals surface area contributed by atoms with Crippen LogP contribution in [-0.4, -0.2) is 30.3 Å². The summed E-state index contributed by atoms with van der Waals surface area (Å²) in [7, 11) is 0. The summed E-state index contributed by atoms with van der Waals surface area (Å²) in [6.07, 6.45) is -0.496. The fourth-order valence-electron chi connectivity index (χ4n) is 1.42. The Kier molecular flexibility index (Phi) is 5.95. The lowest BCUT2D eigenvalue weighted by atomic mass is 9.89. The van der Waals surface area contributed by atoms with Crippen LogP contribution >= 0.6 is 0 Å². The van der Waals surface area contributed by atoms with E-state index in [1.165, 1.54) is 12.1 Å². The highest BCUT2D eigenvalue weighted by atomic mass is 19.1. The number of rotatable bonds is 6. The predicted octanol–water partition coefficient (Wildman–Crippen LogP) is 2.12. The minimum absolute atomic E-state index is 0.0956. The Bertz CT molecular complexity index is 443. The van der Waals surface area contributed by atoms with Gasteiger partial charge < -0.3 is 15.2 Å². The van der Waals surface area contributed by atoms with E-state index >= 15 is 0 Å². The zero-order valence-electron chi connectivity index (χ0n) is 12.1. The first-order valence-electron chi connectivity index (χ1n) is 6.63. The van der Waals surface area contributed by atoms with Gasteiger partial charge in [0, 0.05) is 6.54 Å². The SMILES string of the molecule is CC(C)(C)C(O)CNC(=O)CCOc1ccccc1F. The van der Waals surface area contributed by atoms with Crippen molar-refractivity contribution < 1.29 is 19.0 Å². The molecule has 4 nitrogen and oxygen atoms in total. The Morgan fingerprint density at radius 3 is 2.65 bits per heavy atom. The quantitative estimate of drug-likeness (QED) is 0.840. The second kappa shape index (κ2) is 7.24. The minimum atomic E-state index is -0.612. The van der Waals surface area contributed by atoms with Crippen LogP contribution in [0.15, 0.2) is 24.3 Å². The fourth-order valence-corrected chi connectivity index (χ4v) is 1.42. The van der Waals surface area contributed by atoms with Crippen LogP contribution in [0.2, 0.25) is 0 Å². The van der Waals surface area contributed by atoms with E-state index in [0.717, 1.165) is 0 Å². The molecule has 0 aliphatic heterocycles. The summed E-state index contributed by atoms with van der Waals surface area (Å²) in [5.74, 6) is -0.546. The maximum Gasteiger partial charge on any atom is 0.223 e. The second-order valence-corrected chi connectivity index (χ2v) is 5.71. The van der Waals surface area contributed by atoms with Crippen LogP contribution in [0.4, 0.5) is 4.39 Å². The minimum Gasteiger partial charge on any atom is -0.490 e. The van der Waals surface area contributed by atoms with Gasteiger partial charge in [-0.05, 0) is 17.5 Å². The lowest BCUT2D eigenvalue weighted by Gasteiger charge is -2.25. The van der Waals surface area contributed by atoms with Crippen molar-refractivity contribution in [2.45, 2.75) is 33.3 Å². The zero-order valence-corrected chi connectivity index (χ0v) is 12.1. The number of carbonyl (C=O) groups excluding carboxylic acids is 1. The van der Waals surface area contributed by atoms with Gasteiger partial charge in [0.1, 0.15) is 0 Å². The van der Waals surface area contributed by atoms with Crippen molar-refractivity contribution in [3.05, 3.63) is 30.1 Å². The molecule has 0 bridgehead atoms. The standard InChI is InChI=1S/C15H22FNO3/c1-15(2,3)13(18)10-17-14(19)8-9-20-12-7-5-4-6-11(12)16/h4-7,13,18H,8-10H2,1-3H3,(H,17,19). The molecule has 1 aromatic rings. The monoisotopic (exact) mass is 283 g/mol. The number of amides is 1. The topological polar surface area (TPSA) is 58.6 Å². The molecule has 0 aliphatic rings. The summed E-state index contributed by atoms with van der Waals surface area (Å²) in [5.41, 5.74) is -0.281. The third kappa shape index (κ3) is 5.57. The van der Waals surface area contributed by atoms with Gasteiger partial charge in [0.2, 0.25) is 5.91 Å². The number of aliphatic hydroxyl groups is 1. The van der Waals surface area contributed by atoms with Crippen LogP contribution in [0.1, 0.15) is 27.2 Å². The third-order valence-corrected chi connectivity index (χ3v) is 2.92. The summed E-state index contributed by atoms with van der Waals surface area (Å²) < 4.78 is 18.4. The number of para-hydroxylation sites is 1. The number of hydrogen-bond donors (Lipinski definition) is 2. The highest BCUT2D eigenvalue weighted by Crippen LogP contribution is 2.18. The number of nitrogens with one attached hydrogen (secondary N) is 1. The van der Waals surface area contributed by atoms with Crippen molar-refractivity contribution >= 4 is 5.91 Å². The Labute approximate surface area is 119 Å². The number of benzene rings is 1. The van der Waals surface area contributed by atoms with Gasteiger partial charge in [0.05, 0.1) is 19.1 Å². The van der Waals surface area contributed by atoms with Gasteiger partial charge in [0.25, 0.3) is 0 Å². The number of aliphatic hydroxyl groups excluding tert-OH is 1. The molecule has 20 heavy (non-hydrogen) atoms. The second-order valence-electron chi connectivity index (χ2n) is 5.71. The molecule has 1 aromatic carbocycles. The molecule has 5 heteroatoms. The number of halogens is 1. The first-order valence-corrected chi connectivity index (χ1v) is 6.63. The van der Waals surface area contributed by atoms with Crippen molar-refractivity contribution in [2.75, 3.05) is 13.2 Å². The Morgan fingerprint density at radius 2 is 2.05 bits per heavy atom. The van der Waals surface area contributed by atoms with Crippen molar-refractivity contribution in [3.8, 4) is 5.75 Å². The molecule has 2 N–H and O–H groups in total. The highest BCUT2D eigenvalue weighted by Gasteiger charge is 2.22. The normalized spacial score (nSPS) is 12.8. The Balaban J connectivity index is 2.26. The van der Waals surface area contributed by atoms with E-state index in [9.17, 15) is 14.3 Å². The molecule has 0 saturated carbocycles. The lowest BCUT2D eigenvalue weighted by Crippen LogP contribution is -2.39. The van der Waals surface area contributed by atoms with E-state index in [4.69, 9.17) is 4.74 Å². The van der Waals surface area contributed by atoms with E-state index in [2.05, 4.69) is 5.32 Å².